The maximum absolute atomic E-state index is 11.4. The van der Waals surface area contributed by atoms with Gasteiger partial charge in [-0.15, -0.1) is 0 Å². The molecular weight excluding hydrogens is 446 g/mol. The van der Waals surface area contributed by atoms with Crippen LogP contribution in [0.4, 0.5) is 5.82 Å². The molecule has 1 aliphatic rings. The molecule has 0 amide bonds. The number of benzene rings is 3. The summed E-state index contributed by atoms with van der Waals surface area (Å²) in [6.07, 6.45) is 2.13. The summed E-state index contributed by atoms with van der Waals surface area (Å²) >= 11 is 0. The summed E-state index contributed by atoms with van der Waals surface area (Å²) in [6, 6.07) is 31.4. The van der Waals surface area contributed by atoms with Crippen LogP contribution in [0.3, 0.4) is 0 Å². The Balaban J connectivity index is 1.28. The Morgan fingerprint density at radius 3 is 2.58 bits per heavy atom. The van der Waals surface area contributed by atoms with Gasteiger partial charge < -0.3 is 15.3 Å². The van der Waals surface area contributed by atoms with Crippen molar-refractivity contribution >= 4 is 22.6 Å². The summed E-state index contributed by atoms with van der Waals surface area (Å²) in [5.41, 5.74) is 2.77. The lowest BCUT2D eigenvalue weighted by molar-refractivity contribution is 0.0690. The van der Waals surface area contributed by atoms with Gasteiger partial charge in [-0.2, -0.15) is 0 Å². The Morgan fingerprint density at radius 2 is 1.75 bits per heavy atom. The predicted molar refractivity (Wildman–Crippen MR) is 146 cm³/mol. The predicted octanol–water partition coefficient (Wildman–Crippen LogP) is 6.28. The molecule has 0 bridgehead atoms. The first kappa shape index (κ1) is 24.0. The maximum atomic E-state index is 11.4. The van der Waals surface area contributed by atoms with E-state index >= 15 is 0 Å². The van der Waals surface area contributed by atoms with E-state index in [-0.39, 0.29) is 11.7 Å². The molecule has 1 aromatic heterocycles. The van der Waals surface area contributed by atoms with Gasteiger partial charge in [-0.3, -0.25) is 0 Å². The Bertz CT molecular complexity index is 1320. The number of carboxylic acid groups (broad SMARTS) is 1. The van der Waals surface area contributed by atoms with Crippen LogP contribution in [-0.4, -0.2) is 35.7 Å². The molecule has 0 radical (unpaired) electrons. The van der Waals surface area contributed by atoms with E-state index < -0.39 is 5.97 Å². The van der Waals surface area contributed by atoms with Crippen LogP contribution < -0.4 is 10.2 Å². The second-order valence-corrected chi connectivity index (χ2v) is 9.73. The number of hydrogen-bond acceptors (Lipinski definition) is 4. The number of carbonyl (C=O) groups is 1. The minimum absolute atomic E-state index is 0.0949. The Kier molecular flexibility index (Phi) is 7.28. The van der Waals surface area contributed by atoms with Gasteiger partial charge in [0.1, 0.15) is 5.82 Å². The number of carboxylic acids is 1. The highest BCUT2D eigenvalue weighted by Gasteiger charge is 2.31. The molecule has 0 spiro atoms. The molecule has 2 heterocycles. The third-order valence-electron chi connectivity index (χ3n) is 7.52. The van der Waals surface area contributed by atoms with Gasteiger partial charge in [0, 0.05) is 25.0 Å². The zero-order valence-electron chi connectivity index (χ0n) is 20.7. The lowest BCUT2D eigenvalue weighted by atomic mass is 9.78. The molecular formula is C31H33N3O2. The van der Waals surface area contributed by atoms with Crippen molar-refractivity contribution in [2.45, 2.75) is 31.7 Å². The van der Waals surface area contributed by atoms with E-state index in [1.54, 1.807) is 12.1 Å². The second kappa shape index (κ2) is 10.9. The number of nitrogens with one attached hydrogen (secondary N) is 1. The van der Waals surface area contributed by atoms with Gasteiger partial charge >= 0.3 is 5.97 Å². The van der Waals surface area contributed by atoms with E-state index in [9.17, 15) is 9.90 Å². The standard InChI is InChI=1S/C31H33N3O2/c1-22(26-14-7-12-23-11-5-6-13-27(23)26)32-19-17-25-18-20-34(21-28(25)24-9-3-2-4-10-24)30-16-8-15-29(33-30)31(35)36/h2-16,22,25,28,32H,17-21H2,1H3,(H,35,36)/t22-,25?,28?/m1/s1. The number of aromatic carboxylic acids is 1. The first-order valence-electron chi connectivity index (χ1n) is 12.8. The summed E-state index contributed by atoms with van der Waals surface area (Å²) in [6.45, 7) is 4.91. The topological polar surface area (TPSA) is 65.5 Å². The number of nitrogens with zero attached hydrogens (tertiary/aromatic N) is 2. The Labute approximate surface area is 212 Å². The van der Waals surface area contributed by atoms with E-state index in [4.69, 9.17) is 0 Å². The van der Waals surface area contributed by atoms with Crippen molar-refractivity contribution in [3.05, 3.63) is 108 Å². The van der Waals surface area contributed by atoms with Gasteiger partial charge in [0.15, 0.2) is 5.69 Å². The third-order valence-corrected chi connectivity index (χ3v) is 7.52. The molecule has 4 aromatic rings. The van der Waals surface area contributed by atoms with Crippen molar-refractivity contribution in [3.63, 3.8) is 0 Å². The smallest absolute Gasteiger partial charge is 0.354 e. The number of anilines is 1. The lowest BCUT2D eigenvalue weighted by Crippen LogP contribution is -2.40. The van der Waals surface area contributed by atoms with Crippen LogP contribution in [0.5, 0.6) is 0 Å². The highest BCUT2D eigenvalue weighted by molar-refractivity contribution is 5.86. The summed E-state index contributed by atoms with van der Waals surface area (Å²) in [5.74, 6) is 0.665. The minimum atomic E-state index is -0.988. The molecule has 0 saturated carbocycles. The van der Waals surface area contributed by atoms with Crippen LogP contribution in [0.15, 0.2) is 91.0 Å². The van der Waals surface area contributed by atoms with E-state index in [2.05, 4.69) is 94.9 Å². The molecule has 3 aromatic carbocycles. The molecule has 3 atom stereocenters. The third kappa shape index (κ3) is 5.26. The van der Waals surface area contributed by atoms with Crippen LogP contribution in [0.25, 0.3) is 10.8 Å². The molecule has 5 heteroatoms. The first-order valence-corrected chi connectivity index (χ1v) is 12.8. The number of fused-ring (bicyclic) bond motifs is 1. The monoisotopic (exact) mass is 479 g/mol. The average molecular weight is 480 g/mol. The zero-order valence-corrected chi connectivity index (χ0v) is 20.7. The SMILES string of the molecule is C[C@@H](NCCC1CCN(c2cccc(C(=O)O)n2)CC1c1ccccc1)c1cccc2ccccc12. The zero-order chi connectivity index (χ0) is 24.9. The van der Waals surface area contributed by atoms with Gasteiger partial charge in [0.2, 0.25) is 0 Å². The van der Waals surface area contributed by atoms with Crippen LogP contribution in [0, 0.1) is 5.92 Å². The number of hydrogen-bond donors (Lipinski definition) is 2. The van der Waals surface area contributed by atoms with E-state index in [0.717, 1.165) is 38.3 Å². The summed E-state index contributed by atoms with van der Waals surface area (Å²) in [5, 5.41) is 15.7. The summed E-state index contributed by atoms with van der Waals surface area (Å²) in [4.78, 5) is 18.1. The fraction of sp³-hybridized carbons (Fsp3) is 0.290. The van der Waals surface area contributed by atoms with Crippen molar-refractivity contribution in [2.24, 2.45) is 5.92 Å². The van der Waals surface area contributed by atoms with Crippen LogP contribution in [0.2, 0.25) is 0 Å². The largest absolute Gasteiger partial charge is 0.477 e. The van der Waals surface area contributed by atoms with Crippen LogP contribution in [-0.2, 0) is 0 Å². The fourth-order valence-corrected chi connectivity index (χ4v) is 5.57. The van der Waals surface area contributed by atoms with Gasteiger partial charge in [-0.25, -0.2) is 9.78 Å². The highest BCUT2D eigenvalue weighted by Crippen LogP contribution is 2.36. The van der Waals surface area contributed by atoms with Crippen molar-refractivity contribution in [1.29, 1.82) is 0 Å². The number of piperidine rings is 1. The first-order chi connectivity index (χ1) is 17.6. The molecule has 36 heavy (non-hydrogen) atoms. The Morgan fingerprint density at radius 1 is 1.00 bits per heavy atom. The highest BCUT2D eigenvalue weighted by atomic mass is 16.4. The molecule has 5 nitrogen and oxygen atoms in total. The van der Waals surface area contributed by atoms with Crippen molar-refractivity contribution in [1.82, 2.24) is 10.3 Å². The Hall–Kier alpha value is -3.70. The number of pyridine rings is 1. The van der Waals surface area contributed by atoms with Crippen LogP contribution in [0.1, 0.15) is 53.3 Å². The molecule has 184 valence electrons. The lowest BCUT2D eigenvalue weighted by Gasteiger charge is -2.40. The van der Waals surface area contributed by atoms with E-state index in [0.29, 0.717) is 11.8 Å². The summed E-state index contributed by atoms with van der Waals surface area (Å²) in [7, 11) is 0. The molecule has 2 unspecified atom stereocenters. The molecule has 0 aliphatic carbocycles. The van der Waals surface area contributed by atoms with E-state index in [1.807, 2.05) is 6.07 Å². The quantitative estimate of drug-likeness (QED) is 0.311. The van der Waals surface area contributed by atoms with E-state index in [1.165, 1.54) is 21.9 Å². The fourth-order valence-electron chi connectivity index (χ4n) is 5.57. The molecule has 5 rings (SSSR count). The number of rotatable bonds is 8. The second-order valence-electron chi connectivity index (χ2n) is 9.73. The van der Waals surface area contributed by atoms with Crippen LogP contribution >= 0.6 is 0 Å². The number of aromatic nitrogens is 1. The van der Waals surface area contributed by atoms with Gasteiger partial charge in [-0.05, 0) is 66.3 Å². The molecule has 1 saturated heterocycles. The minimum Gasteiger partial charge on any atom is -0.477 e. The maximum Gasteiger partial charge on any atom is 0.354 e. The molecule has 2 N–H and O–H groups in total. The van der Waals surface area contributed by atoms with Gasteiger partial charge in [-0.1, -0.05) is 78.9 Å². The van der Waals surface area contributed by atoms with Crippen molar-refractivity contribution in [2.75, 3.05) is 24.5 Å². The van der Waals surface area contributed by atoms with Gasteiger partial charge in [0.05, 0.1) is 0 Å². The van der Waals surface area contributed by atoms with Gasteiger partial charge in [0.25, 0.3) is 0 Å². The molecule has 1 fully saturated rings. The van der Waals surface area contributed by atoms with Crippen molar-refractivity contribution in [3.8, 4) is 0 Å². The summed E-state index contributed by atoms with van der Waals surface area (Å²) < 4.78 is 0. The molecule has 1 aliphatic heterocycles. The average Bonchev–Trinajstić information content (AvgIpc) is 2.93. The normalized spacial score (nSPS) is 18.8. The van der Waals surface area contributed by atoms with Crippen molar-refractivity contribution < 1.29 is 9.90 Å².